The summed E-state index contributed by atoms with van der Waals surface area (Å²) in [6.45, 7) is 4.29. The van der Waals surface area contributed by atoms with E-state index in [1.54, 1.807) is 41.3 Å². The van der Waals surface area contributed by atoms with Gasteiger partial charge in [0.25, 0.3) is 0 Å². The lowest BCUT2D eigenvalue weighted by molar-refractivity contribution is 0.472. The van der Waals surface area contributed by atoms with E-state index >= 15 is 0 Å². The lowest BCUT2D eigenvalue weighted by atomic mass is 10.2. The number of hydrogen-bond donors (Lipinski definition) is 1. The van der Waals surface area contributed by atoms with Crippen molar-refractivity contribution < 1.29 is 12.8 Å². The lowest BCUT2D eigenvalue weighted by Gasteiger charge is -2.06. The lowest BCUT2D eigenvalue weighted by Crippen LogP contribution is -2.25. The molecule has 2 aromatic rings. The first-order valence-electron chi connectivity index (χ1n) is 6.39. The van der Waals surface area contributed by atoms with Crippen LogP contribution in [0.25, 0.3) is 0 Å². The van der Waals surface area contributed by atoms with Gasteiger partial charge in [0.2, 0.25) is 10.0 Å². The molecule has 0 fully saturated rings. The van der Waals surface area contributed by atoms with E-state index in [1.165, 1.54) is 10.8 Å². The molecule has 1 aromatic carbocycles. The molecule has 2 rings (SSSR count). The molecule has 0 amide bonds. The van der Waals surface area contributed by atoms with Gasteiger partial charge in [0.1, 0.15) is 0 Å². The van der Waals surface area contributed by atoms with Crippen LogP contribution < -0.4 is 4.72 Å². The van der Waals surface area contributed by atoms with Gasteiger partial charge in [-0.15, -0.1) is 0 Å². The quantitative estimate of drug-likeness (QED) is 0.615. The van der Waals surface area contributed by atoms with Gasteiger partial charge in [-0.05, 0) is 42.8 Å². The van der Waals surface area contributed by atoms with E-state index in [0.717, 1.165) is 16.2 Å². The number of furan rings is 1. The second-order valence-electron chi connectivity index (χ2n) is 4.51. The summed E-state index contributed by atoms with van der Waals surface area (Å²) in [5.41, 5.74) is 2.13. The highest BCUT2D eigenvalue weighted by Gasteiger charge is 2.12. The second kappa shape index (κ2) is 7.40. The minimum absolute atomic E-state index is 0.299. The van der Waals surface area contributed by atoms with Crippen LogP contribution >= 0.6 is 21.6 Å². The number of rotatable bonds is 7. The third kappa shape index (κ3) is 4.81. The third-order valence-electron chi connectivity index (χ3n) is 2.76. The molecule has 1 heterocycles. The molecule has 0 aliphatic heterocycles. The standard InChI is InChI=1S/C14H17NO3S3/c1-11-3-5-13(6-4-11)21(16,17)15-8-10-19-20-14-12(2)7-9-18-14/h3-7,9,15H,8,10H2,1-2H3. The SMILES string of the molecule is Cc1ccc(S(=O)(=O)NCCSSc2occc2C)cc1. The van der Waals surface area contributed by atoms with E-state index in [9.17, 15) is 8.42 Å². The van der Waals surface area contributed by atoms with Crippen molar-refractivity contribution in [2.24, 2.45) is 0 Å². The van der Waals surface area contributed by atoms with Crippen molar-refractivity contribution in [2.75, 3.05) is 12.3 Å². The maximum atomic E-state index is 12.0. The summed E-state index contributed by atoms with van der Waals surface area (Å²) in [5, 5.41) is 0.862. The van der Waals surface area contributed by atoms with Crippen LogP contribution in [-0.2, 0) is 10.0 Å². The number of sulfonamides is 1. The minimum Gasteiger partial charge on any atom is -0.457 e. The van der Waals surface area contributed by atoms with Gasteiger partial charge in [-0.3, -0.25) is 0 Å². The number of aryl methyl sites for hydroxylation is 2. The monoisotopic (exact) mass is 343 g/mol. The highest BCUT2D eigenvalue weighted by atomic mass is 33.1. The van der Waals surface area contributed by atoms with E-state index in [4.69, 9.17) is 4.42 Å². The van der Waals surface area contributed by atoms with Crippen molar-refractivity contribution in [1.29, 1.82) is 0 Å². The van der Waals surface area contributed by atoms with Crippen LogP contribution in [-0.4, -0.2) is 20.7 Å². The van der Waals surface area contributed by atoms with Crippen molar-refractivity contribution in [2.45, 2.75) is 23.8 Å². The zero-order valence-corrected chi connectivity index (χ0v) is 14.3. The average molecular weight is 343 g/mol. The summed E-state index contributed by atoms with van der Waals surface area (Å²) in [7, 11) is -0.339. The number of nitrogens with one attached hydrogen (secondary N) is 1. The fraction of sp³-hybridized carbons (Fsp3) is 0.286. The van der Waals surface area contributed by atoms with Gasteiger partial charge in [0.15, 0.2) is 5.09 Å². The summed E-state index contributed by atoms with van der Waals surface area (Å²) < 4.78 is 32.0. The summed E-state index contributed by atoms with van der Waals surface area (Å²) in [4.78, 5) is 0.299. The van der Waals surface area contributed by atoms with Gasteiger partial charge in [0, 0.05) is 17.9 Å². The predicted molar refractivity (Wildman–Crippen MR) is 88.1 cm³/mol. The molecule has 0 unspecified atom stereocenters. The molecule has 7 heteroatoms. The molecule has 0 radical (unpaired) electrons. The Hall–Kier alpha value is -0.890. The topological polar surface area (TPSA) is 59.3 Å². The van der Waals surface area contributed by atoms with E-state index in [-0.39, 0.29) is 0 Å². The van der Waals surface area contributed by atoms with E-state index in [1.807, 2.05) is 19.9 Å². The van der Waals surface area contributed by atoms with Gasteiger partial charge in [0.05, 0.1) is 11.2 Å². The van der Waals surface area contributed by atoms with Gasteiger partial charge in [-0.25, -0.2) is 13.1 Å². The molecule has 0 spiro atoms. The molecule has 0 saturated carbocycles. The molecule has 0 aliphatic rings. The molecule has 21 heavy (non-hydrogen) atoms. The van der Waals surface area contributed by atoms with Crippen LogP contribution in [0.4, 0.5) is 0 Å². The molecule has 0 atom stereocenters. The molecule has 0 saturated heterocycles. The minimum atomic E-state index is -3.42. The zero-order chi connectivity index (χ0) is 15.3. The van der Waals surface area contributed by atoms with Crippen molar-refractivity contribution in [3.63, 3.8) is 0 Å². The summed E-state index contributed by atoms with van der Waals surface area (Å²) in [5.74, 6) is 0.663. The normalized spacial score (nSPS) is 11.7. The third-order valence-corrected chi connectivity index (χ3v) is 6.60. The Morgan fingerprint density at radius 3 is 2.48 bits per heavy atom. The van der Waals surface area contributed by atoms with Crippen LogP contribution in [0.3, 0.4) is 0 Å². The largest absolute Gasteiger partial charge is 0.457 e. The van der Waals surface area contributed by atoms with Crippen molar-refractivity contribution in [1.82, 2.24) is 4.72 Å². The molecule has 4 nitrogen and oxygen atoms in total. The fourth-order valence-corrected chi connectivity index (χ4v) is 4.72. The first kappa shape index (κ1) is 16.5. The van der Waals surface area contributed by atoms with Gasteiger partial charge >= 0.3 is 0 Å². The number of benzene rings is 1. The second-order valence-corrected chi connectivity index (χ2v) is 8.66. The van der Waals surface area contributed by atoms with Crippen molar-refractivity contribution in [3.8, 4) is 0 Å². The smallest absolute Gasteiger partial charge is 0.240 e. The Labute approximate surface area is 133 Å². The predicted octanol–water partition coefficient (Wildman–Crippen LogP) is 3.62. The fourth-order valence-electron chi connectivity index (χ4n) is 1.56. The number of hydrogen-bond acceptors (Lipinski definition) is 5. The summed E-state index contributed by atoms with van der Waals surface area (Å²) >= 11 is 0. The highest BCUT2D eigenvalue weighted by molar-refractivity contribution is 8.76. The van der Waals surface area contributed by atoms with Gasteiger partial charge < -0.3 is 4.42 Å². The van der Waals surface area contributed by atoms with E-state index < -0.39 is 10.0 Å². The molecule has 114 valence electrons. The maximum Gasteiger partial charge on any atom is 0.240 e. The zero-order valence-electron chi connectivity index (χ0n) is 11.8. The molecule has 0 aliphatic carbocycles. The molecule has 1 aromatic heterocycles. The average Bonchev–Trinajstić information content (AvgIpc) is 2.84. The van der Waals surface area contributed by atoms with Crippen LogP contribution in [0.15, 0.2) is 51.0 Å². The van der Waals surface area contributed by atoms with Crippen LogP contribution in [0, 0.1) is 13.8 Å². The van der Waals surface area contributed by atoms with Crippen molar-refractivity contribution in [3.05, 3.63) is 47.7 Å². The highest BCUT2D eigenvalue weighted by Crippen LogP contribution is 2.33. The van der Waals surface area contributed by atoms with E-state index in [2.05, 4.69) is 4.72 Å². The molecule has 0 bridgehead atoms. The van der Waals surface area contributed by atoms with Gasteiger partial charge in [-0.2, -0.15) is 0 Å². The Balaban J connectivity index is 1.77. The van der Waals surface area contributed by atoms with Gasteiger partial charge in [-0.1, -0.05) is 28.5 Å². The first-order valence-corrected chi connectivity index (χ1v) is 10.2. The summed E-state index contributed by atoms with van der Waals surface area (Å²) in [6.07, 6.45) is 1.65. The van der Waals surface area contributed by atoms with Crippen LogP contribution in [0.1, 0.15) is 11.1 Å². The first-order chi connectivity index (χ1) is 9.99. The molecular weight excluding hydrogens is 326 g/mol. The Bertz CT molecular complexity index is 678. The maximum absolute atomic E-state index is 12.0. The van der Waals surface area contributed by atoms with Crippen LogP contribution in [0.2, 0.25) is 0 Å². The summed E-state index contributed by atoms with van der Waals surface area (Å²) in [6, 6.07) is 8.72. The Morgan fingerprint density at radius 1 is 1.14 bits per heavy atom. The van der Waals surface area contributed by atoms with Crippen LogP contribution in [0.5, 0.6) is 0 Å². The molecular formula is C14H17NO3S3. The Kier molecular flexibility index (Phi) is 5.80. The van der Waals surface area contributed by atoms with E-state index in [0.29, 0.717) is 17.2 Å². The molecule has 1 N–H and O–H groups in total. The Morgan fingerprint density at radius 2 is 1.86 bits per heavy atom. The van der Waals surface area contributed by atoms with Crippen molar-refractivity contribution >= 4 is 31.6 Å².